The van der Waals surface area contributed by atoms with Crippen molar-refractivity contribution in [3.63, 3.8) is 0 Å². The zero-order valence-electron chi connectivity index (χ0n) is 10.6. The van der Waals surface area contributed by atoms with Crippen LogP contribution in [0.2, 0.25) is 0 Å². The van der Waals surface area contributed by atoms with Crippen LogP contribution >= 0.6 is 0 Å². The second-order valence-electron chi connectivity index (χ2n) is 4.88. The fraction of sp³-hybridized carbons (Fsp3) is 0.571. The molecule has 0 amide bonds. The Kier molecular flexibility index (Phi) is 4.02. The predicted octanol–water partition coefficient (Wildman–Crippen LogP) is 2.30. The maximum Gasteiger partial charge on any atom is 0.137 e. The topological polar surface area (TPSA) is 44.5 Å². The van der Waals surface area contributed by atoms with Gasteiger partial charge in [-0.15, -0.1) is 0 Å². The van der Waals surface area contributed by atoms with E-state index in [1.54, 1.807) is 0 Å². The lowest BCUT2D eigenvalue weighted by Crippen LogP contribution is -2.46. The quantitative estimate of drug-likeness (QED) is 0.874. The van der Waals surface area contributed by atoms with Gasteiger partial charge in [0.2, 0.25) is 0 Å². The Labute approximate surface area is 103 Å². The minimum atomic E-state index is -0.0244. The van der Waals surface area contributed by atoms with Gasteiger partial charge in [0.25, 0.3) is 0 Å². The van der Waals surface area contributed by atoms with Crippen molar-refractivity contribution >= 4 is 0 Å². The Balaban J connectivity index is 2.12. The summed E-state index contributed by atoms with van der Waals surface area (Å²) in [6, 6.07) is 8.23. The largest absolute Gasteiger partial charge is 0.486 e. The van der Waals surface area contributed by atoms with Crippen LogP contribution in [0.1, 0.15) is 31.7 Å². The van der Waals surface area contributed by atoms with Crippen molar-refractivity contribution in [2.75, 3.05) is 13.2 Å². The maximum atomic E-state index is 6.05. The highest BCUT2D eigenvalue weighted by Crippen LogP contribution is 2.27. The molecule has 2 N–H and O–H groups in total. The van der Waals surface area contributed by atoms with Crippen molar-refractivity contribution in [2.45, 2.75) is 38.3 Å². The van der Waals surface area contributed by atoms with Crippen molar-refractivity contribution in [3.8, 4) is 5.75 Å². The van der Waals surface area contributed by atoms with E-state index >= 15 is 0 Å². The number of ether oxygens (including phenoxy) is 2. The third-order valence-electron chi connectivity index (χ3n) is 3.17. The lowest BCUT2D eigenvalue weighted by molar-refractivity contribution is -0.00577. The van der Waals surface area contributed by atoms with Gasteiger partial charge < -0.3 is 15.2 Å². The molecule has 1 aliphatic rings. The Morgan fingerprint density at radius 2 is 2.12 bits per heavy atom. The molecule has 2 rings (SSSR count). The second-order valence-corrected chi connectivity index (χ2v) is 4.88. The molecule has 1 heterocycles. The highest BCUT2D eigenvalue weighted by molar-refractivity contribution is 5.35. The van der Waals surface area contributed by atoms with E-state index in [0.29, 0.717) is 12.5 Å². The summed E-state index contributed by atoms with van der Waals surface area (Å²) in [7, 11) is 0. The Morgan fingerprint density at radius 3 is 2.82 bits per heavy atom. The fourth-order valence-corrected chi connectivity index (χ4v) is 2.08. The molecule has 1 aliphatic heterocycles. The highest BCUT2D eigenvalue weighted by atomic mass is 16.5. The van der Waals surface area contributed by atoms with E-state index in [1.165, 1.54) is 5.56 Å². The van der Waals surface area contributed by atoms with Crippen LogP contribution in [0, 0.1) is 0 Å². The van der Waals surface area contributed by atoms with Crippen LogP contribution in [-0.4, -0.2) is 25.4 Å². The Hall–Kier alpha value is -1.06. The first-order chi connectivity index (χ1) is 8.18. The van der Waals surface area contributed by atoms with Gasteiger partial charge >= 0.3 is 0 Å². The number of rotatable bonds is 3. The molecule has 2 unspecified atom stereocenters. The summed E-state index contributed by atoms with van der Waals surface area (Å²) in [6.45, 7) is 5.67. The van der Waals surface area contributed by atoms with E-state index in [1.807, 2.05) is 18.2 Å². The van der Waals surface area contributed by atoms with Crippen molar-refractivity contribution < 1.29 is 9.47 Å². The van der Waals surface area contributed by atoms with Crippen molar-refractivity contribution in [2.24, 2.45) is 5.73 Å². The predicted molar refractivity (Wildman–Crippen MR) is 68.4 cm³/mol. The molecular weight excluding hydrogens is 214 g/mol. The molecule has 1 aromatic rings. The average molecular weight is 235 g/mol. The average Bonchev–Trinajstić information content (AvgIpc) is 2.32. The molecule has 3 heteroatoms. The number of nitrogens with two attached hydrogens (primary N) is 1. The molecule has 0 radical (unpaired) electrons. The lowest BCUT2D eigenvalue weighted by Gasteiger charge is -2.30. The van der Waals surface area contributed by atoms with Crippen LogP contribution in [0.25, 0.3) is 0 Å². The van der Waals surface area contributed by atoms with Crippen LogP contribution in [0.3, 0.4) is 0 Å². The van der Waals surface area contributed by atoms with Crippen LogP contribution < -0.4 is 10.5 Å². The molecule has 0 spiro atoms. The smallest absolute Gasteiger partial charge is 0.137 e. The first-order valence-corrected chi connectivity index (χ1v) is 6.27. The molecular formula is C14H21NO2. The summed E-state index contributed by atoms with van der Waals surface area (Å²) in [5, 5.41) is 0. The van der Waals surface area contributed by atoms with Gasteiger partial charge in [0, 0.05) is 12.6 Å². The standard InChI is InChI=1S/C14H21NO2/c1-10(2)11-5-3-4-6-13(11)17-14-9-16-8-7-12(14)15/h3-6,10,12,14H,7-9,15H2,1-2H3. The molecule has 17 heavy (non-hydrogen) atoms. The van der Waals surface area contributed by atoms with E-state index in [4.69, 9.17) is 15.2 Å². The minimum Gasteiger partial charge on any atom is -0.486 e. The summed E-state index contributed by atoms with van der Waals surface area (Å²) in [5.74, 6) is 1.39. The van der Waals surface area contributed by atoms with Gasteiger partial charge in [0.05, 0.1) is 6.61 Å². The molecule has 0 aromatic heterocycles. The SMILES string of the molecule is CC(C)c1ccccc1OC1COCCC1N. The van der Waals surface area contributed by atoms with Crippen molar-refractivity contribution in [1.82, 2.24) is 0 Å². The molecule has 0 aliphatic carbocycles. The molecule has 1 saturated heterocycles. The van der Waals surface area contributed by atoms with Gasteiger partial charge in [-0.1, -0.05) is 32.0 Å². The van der Waals surface area contributed by atoms with Gasteiger partial charge in [-0.3, -0.25) is 0 Å². The third-order valence-corrected chi connectivity index (χ3v) is 3.17. The Bertz CT molecular complexity index is 365. The molecule has 1 fully saturated rings. The summed E-state index contributed by atoms with van der Waals surface area (Å²) >= 11 is 0. The third kappa shape index (κ3) is 2.99. The summed E-state index contributed by atoms with van der Waals surface area (Å²) < 4.78 is 11.4. The van der Waals surface area contributed by atoms with Crippen LogP contribution in [0.5, 0.6) is 5.75 Å². The van der Waals surface area contributed by atoms with Crippen molar-refractivity contribution in [1.29, 1.82) is 0 Å². The molecule has 0 saturated carbocycles. The number of benzene rings is 1. The maximum absolute atomic E-state index is 6.05. The fourth-order valence-electron chi connectivity index (χ4n) is 2.08. The monoisotopic (exact) mass is 235 g/mol. The van der Waals surface area contributed by atoms with Crippen LogP contribution in [-0.2, 0) is 4.74 Å². The molecule has 0 bridgehead atoms. The first kappa shape index (κ1) is 12.4. The van der Waals surface area contributed by atoms with Crippen LogP contribution in [0.4, 0.5) is 0 Å². The van der Waals surface area contributed by atoms with Gasteiger partial charge in [-0.05, 0) is 24.0 Å². The lowest BCUT2D eigenvalue weighted by atomic mass is 10.0. The van der Waals surface area contributed by atoms with Gasteiger partial charge in [0.15, 0.2) is 0 Å². The Morgan fingerprint density at radius 1 is 1.35 bits per heavy atom. The zero-order chi connectivity index (χ0) is 12.3. The van der Waals surface area contributed by atoms with Crippen molar-refractivity contribution in [3.05, 3.63) is 29.8 Å². The van der Waals surface area contributed by atoms with E-state index < -0.39 is 0 Å². The number of hydrogen-bond donors (Lipinski definition) is 1. The van der Waals surface area contributed by atoms with Crippen LogP contribution in [0.15, 0.2) is 24.3 Å². The summed E-state index contributed by atoms with van der Waals surface area (Å²) in [4.78, 5) is 0. The second kappa shape index (κ2) is 5.52. The summed E-state index contributed by atoms with van der Waals surface area (Å²) in [5.41, 5.74) is 7.28. The molecule has 94 valence electrons. The van der Waals surface area contributed by atoms with E-state index in [0.717, 1.165) is 18.8 Å². The molecule has 1 aromatic carbocycles. The van der Waals surface area contributed by atoms with Gasteiger partial charge in [-0.2, -0.15) is 0 Å². The summed E-state index contributed by atoms with van der Waals surface area (Å²) in [6.07, 6.45) is 0.845. The number of hydrogen-bond acceptors (Lipinski definition) is 3. The van der Waals surface area contributed by atoms with E-state index in [2.05, 4.69) is 19.9 Å². The van der Waals surface area contributed by atoms with E-state index in [9.17, 15) is 0 Å². The van der Waals surface area contributed by atoms with Gasteiger partial charge in [0.1, 0.15) is 11.9 Å². The minimum absolute atomic E-state index is 0.0244. The number of para-hydroxylation sites is 1. The van der Waals surface area contributed by atoms with E-state index in [-0.39, 0.29) is 12.1 Å². The molecule has 2 atom stereocenters. The normalized spacial score (nSPS) is 24.9. The zero-order valence-corrected chi connectivity index (χ0v) is 10.6. The highest BCUT2D eigenvalue weighted by Gasteiger charge is 2.25. The first-order valence-electron chi connectivity index (χ1n) is 6.27. The van der Waals surface area contributed by atoms with Gasteiger partial charge in [-0.25, -0.2) is 0 Å². The molecule has 3 nitrogen and oxygen atoms in total.